The number of alkyl halides is 6. The summed E-state index contributed by atoms with van der Waals surface area (Å²) in [5.41, 5.74) is 1.82. The number of carbonyl (C=O) groups excluding carboxylic acids is 2. The molecular weight excluding hydrogens is 428 g/mol. The molecule has 0 unspecified atom stereocenters. The van der Waals surface area contributed by atoms with E-state index in [-0.39, 0.29) is 30.2 Å². The van der Waals surface area contributed by atoms with Crippen LogP contribution in [-0.4, -0.2) is 17.5 Å². The first-order valence-electron chi connectivity index (χ1n) is 9.95. The number of amides is 2. The van der Waals surface area contributed by atoms with Gasteiger partial charge >= 0.3 is 12.4 Å². The van der Waals surface area contributed by atoms with E-state index in [0.29, 0.717) is 37.8 Å². The van der Waals surface area contributed by atoms with Crippen molar-refractivity contribution in [1.29, 1.82) is 0 Å². The average molecular weight is 451 g/mol. The van der Waals surface area contributed by atoms with Crippen LogP contribution in [0.1, 0.15) is 56.1 Å². The molecule has 2 aliphatic rings. The number of hydrogen-bond acceptors (Lipinski definition) is 3. The fourth-order valence-electron chi connectivity index (χ4n) is 3.72. The highest BCUT2D eigenvalue weighted by atomic mass is 19.4. The zero-order valence-electron chi connectivity index (χ0n) is 16.5. The molecule has 31 heavy (non-hydrogen) atoms. The largest absolute Gasteiger partial charge is 0.416 e. The lowest BCUT2D eigenvalue weighted by Gasteiger charge is -2.37. The second kappa shape index (κ2) is 8.33. The molecule has 172 valence electrons. The first kappa shape index (κ1) is 23.4. The monoisotopic (exact) mass is 451 g/mol. The summed E-state index contributed by atoms with van der Waals surface area (Å²) in [4.78, 5) is 24.2. The molecule has 0 aromatic heterocycles. The lowest BCUT2D eigenvalue weighted by molar-refractivity contribution is -0.143. The molecule has 0 bridgehead atoms. The molecular formula is C20H23F6N3O2. The molecule has 0 aliphatic heterocycles. The Morgan fingerprint density at radius 3 is 1.90 bits per heavy atom. The molecule has 0 spiro atoms. The maximum atomic E-state index is 12.9. The van der Waals surface area contributed by atoms with Crippen LogP contribution in [0.4, 0.5) is 32.0 Å². The first-order valence-corrected chi connectivity index (χ1v) is 9.95. The van der Waals surface area contributed by atoms with Gasteiger partial charge in [0.2, 0.25) is 11.8 Å². The molecule has 0 atom stereocenters. The van der Waals surface area contributed by atoms with Crippen molar-refractivity contribution < 1.29 is 35.9 Å². The van der Waals surface area contributed by atoms with Gasteiger partial charge in [0.15, 0.2) is 0 Å². The van der Waals surface area contributed by atoms with Gasteiger partial charge in [-0.25, -0.2) is 0 Å². The van der Waals surface area contributed by atoms with Crippen LogP contribution in [0.5, 0.6) is 0 Å². The summed E-state index contributed by atoms with van der Waals surface area (Å²) in [6, 6.07) is 0.964. The number of nitrogens with one attached hydrogen (secondary N) is 2. The standard InChI is InChI=1S/C20H23F6N3O2/c21-19(22,23)13-8-14(20(24,25)26)10-15(9-13)28-16(30)7-11-3-5-18(27,6-4-11)29-17(31)12-1-2-12/h8-12H,1-7,27H2,(H,28,30)(H,29,31). The lowest BCUT2D eigenvalue weighted by Crippen LogP contribution is -2.58. The van der Waals surface area contributed by atoms with Gasteiger partial charge in [0.05, 0.1) is 16.8 Å². The Morgan fingerprint density at radius 1 is 0.935 bits per heavy atom. The van der Waals surface area contributed by atoms with E-state index in [0.717, 1.165) is 12.8 Å². The topological polar surface area (TPSA) is 84.2 Å². The first-order chi connectivity index (χ1) is 14.2. The fraction of sp³-hybridized carbons (Fsp3) is 0.600. The van der Waals surface area contributed by atoms with E-state index < -0.39 is 40.7 Å². The van der Waals surface area contributed by atoms with Gasteiger partial charge in [0.1, 0.15) is 0 Å². The molecule has 11 heteroatoms. The number of halogens is 6. The predicted molar refractivity (Wildman–Crippen MR) is 99.4 cm³/mol. The summed E-state index contributed by atoms with van der Waals surface area (Å²) < 4.78 is 77.6. The molecule has 2 amide bonds. The third-order valence-corrected chi connectivity index (χ3v) is 5.66. The summed E-state index contributed by atoms with van der Waals surface area (Å²) in [6.45, 7) is 0. The summed E-state index contributed by atoms with van der Waals surface area (Å²) in [5, 5.41) is 4.99. The molecule has 0 radical (unpaired) electrons. The molecule has 2 fully saturated rings. The van der Waals surface area contributed by atoms with Crippen LogP contribution < -0.4 is 16.4 Å². The summed E-state index contributed by atoms with van der Waals surface area (Å²) in [7, 11) is 0. The number of carbonyl (C=O) groups is 2. The molecule has 2 saturated carbocycles. The highest BCUT2D eigenvalue weighted by Crippen LogP contribution is 2.38. The van der Waals surface area contributed by atoms with Crippen LogP contribution in [0.15, 0.2) is 18.2 Å². The van der Waals surface area contributed by atoms with E-state index in [9.17, 15) is 35.9 Å². The lowest BCUT2D eigenvalue weighted by atomic mass is 9.80. The summed E-state index contributed by atoms with van der Waals surface area (Å²) in [6.07, 6.45) is -6.47. The third-order valence-electron chi connectivity index (χ3n) is 5.66. The second-order valence-electron chi connectivity index (χ2n) is 8.41. The van der Waals surface area contributed by atoms with Crippen LogP contribution in [0.25, 0.3) is 0 Å². The number of nitrogens with two attached hydrogens (primary N) is 1. The van der Waals surface area contributed by atoms with E-state index in [2.05, 4.69) is 10.6 Å². The van der Waals surface area contributed by atoms with Gasteiger partial charge in [0.25, 0.3) is 0 Å². The van der Waals surface area contributed by atoms with E-state index >= 15 is 0 Å². The fourth-order valence-corrected chi connectivity index (χ4v) is 3.72. The zero-order chi connectivity index (χ0) is 23.0. The predicted octanol–water partition coefficient (Wildman–Crippen LogP) is 4.42. The van der Waals surface area contributed by atoms with Gasteiger partial charge in [-0.2, -0.15) is 26.3 Å². The molecule has 0 heterocycles. The van der Waals surface area contributed by atoms with Gasteiger partial charge in [-0.3, -0.25) is 9.59 Å². The highest BCUT2D eigenvalue weighted by Gasteiger charge is 2.39. The van der Waals surface area contributed by atoms with Crippen molar-refractivity contribution in [3.8, 4) is 0 Å². The molecule has 4 N–H and O–H groups in total. The van der Waals surface area contributed by atoms with Crippen molar-refractivity contribution in [2.24, 2.45) is 17.6 Å². The van der Waals surface area contributed by atoms with E-state index in [1.54, 1.807) is 0 Å². The minimum absolute atomic E-state index is 0.00750. The minimum atomic E-state index is -4.99. The Morgan fingerprint density at radius 2 is 1.45 bits per heavy atom. The van der Waals surface area contributed by atoms with Gasteiger partial charge in [-0.05, 0) is 62.6 Å². The van der Waals surface area contributed by atoms with Crippen molar-refractivity contribution in [1.82, 2.24) is 5.32 Å². The van der Waals surface area contributed by atoms with Crippen LogP contribution in [0, 0.1) is 11.8 Å². The Kier molecular flexibility index (Phi) is 6.28. The molecule has 5 nitrogen and oxygen atoms in total. The van der Waals surface area contributed by atoms with Crippen molar-refractivity contribution in [3.63, 3.8) is 0 Å². The Balaban J connectivity index is 1.59. The third kappa shape index (κ3) is 6.34. The number of benzene rings is 1. The number of hydrogen-bond donors (Lipinski definition) is 3. The maximum absolute atomic E-state index is 12.9. The van der Waals surface area contributed by atoms with Crippen LogP contribution in [-0.2, 0) is 21.9 Å². The van der Waals surface area contributed by atoms with Crippen molar-refractivity contribution in [3.05, 3.63) is 29.3 Å². The van der Waals surface area contributed by atoms with Crippen LogP contribution in [0.2, 0.25) is 0 Å². The minimum Gasteiger partial charge on any atom is -0.338 e. The molecule has 1 aromatic rings. The normalized spacial score (nSPS) is 24.5. The van der Waals surface area contributed by atoms with Crippen LogP contribution in [0.3, 0.4) is 0 Å². The zero-order valence-corrected chi connectivity index (χ0v) is 16.5. The SMILES string of the molecule is NC1(NC(=O)C2CC2)CCC(CC(=O)Nc2cc(C(F)(F)F)cc(C(F)(F)F)c2)CC1. The van der Waals surface area contributed by atoms with E-state index in [4.69, 9.17) is 5.73 Å². The number of anilines is 1. The highest BCUT2D eigenvalue weighted by molar-refractivity contribution is 5.91. The summed E-state index contributed by atoms with van der Waals surface area (Å²) in [5.74, 6) is -0.881. The Labute approximate surface area is 174 Å². The molecule has 2 aliphatic carbocycles. The van der Waals surface area contributed by atoms with Crippen molar-refractivity contribution >= 4 is 17.5 Å². The smallest absolute Gasteiger partial charge is 0.338 e. The van der Waals surface area contributed by atoms with Gasteiger partial charge in [-0.15, -0.1) is 0 Å². The quantitative estimate of drug-likeness (QED) is 0.458. The van der Waals surface area contributed by atoms with E-state index in [1.165, 1.54) is 0 Å². The molecule has 1 aromatic carbocycles. The average Bonchev–Trinajstić information content (AvgIpc) is 3.47. The van der Waals surface area contributed by atoms with Crippen LogP contribution >= 0.6 is 0 Å². The molecule has 3 rings (SSSR count). The Bertz CT molecular complexity index is 808. The van der Waals surface area contributed by atoms with Crippen molar-refractivity contribution in [2.45, 2.75) is 63.0 Å². The van der Waals surface area contributed by atoms with Crippen molar-refractivity contribution in [2.75, 3.05) is 5.32 Å². The maximum Gasteiger partial charge on any atom is 0.416 e. The van der Waals surface area contributed by atoms with Gasteiger partial charge in [0, 0.05) is 18.0 Å². The van der Waals surface area contributed by atoms with Gasteiger partial charge in [-0.1, -0.05) is 0 Å². The number of rotatable bonds is 5. The van der Waals surface area contributed by atoms with E-state index in [1.807, 2.05) is 0 Å². The Hall–Kier alpha value is -2.30. The molecule has 0 saturated heterocycles. The second-order valence-corrected chi connectivity index (χ2v) is 8.41. The summed E-state index contributed by atoms with van der Waals surface area (Å²) >= 11 is 0. The van der Waals surface area contributed by atoms with Gasteiger partial charge < -0.3 is 16.4 Å².